The van der Waals surface area contributed by atoms with E-state index in [1.165, 1.54) is 21.9 Å². The summed E-state index contributed by atoms with van der Waals surface area (Å²) >= 11 is 0. The van der Waals surface area contributed by atoms with Crippen LogP contribution in [0.4, 0.5) is 34.1 Å². The first kappa shape index (κ1) is 49.6. The Morgan fingerprint density at radius 2 is 0.750 bits per heavy atom. The van der Waals surface area contributed by atoms with Crippen molar-refractivity contribution in [3.05, 3.63) is 242 Å². The Bertz CT molecular complexity index is 5600. The lowest BCUT2D eigenvalue weighted by Gasteiger charge is -2.44. The van der Waals surface area contributed by atoms with E-state index in [9.17, 15) is 0 Å². The maximum atomic E-state index is 7.08. The molecule has 12 aromatic carbocycles. The van der Waals surface area contributed by atoms with Crippen molar-refractivity contribution in [1.29, 1.82) is 0 Å². The predicted octanol–water partition coefficient (Wildman–Crippen LogP) is 20.7. The summed E-state index contributed by atoms with van der Waals surface area (Å²) in [7, 11) is 0. The van der Waals surface area contributed by atoms with Crippen molar-refractivity contribution >= 4 is 167 Å². The zero-order chi connectivity index (χ0) is 58.6. The van der Waals surface area contributed by atoms with E-state index >= 15 is 0 Å². The SMILES string of the molecule is CC(C)(C)c1ccc2oc3cc4c(cc3c2c1)N(c1cccc2oc3ccccc3c12)c1cc(-c2ccc3c5ccccc5n(-c5ccccc5)c3c2)cc2c1B4c1cc3oc4ccc(C(C)(C)C)cc4c3cc1N2c1cccc2oc3ccccc3c12. The minimum Gasteiger partial charge on any atom is -0.456 e. The first-order chi connectivity index (χ1) is 42.9. The molecule has 0 spiro atoms. The van der Waals surface area contributed by atoms with Crippen molar-refractivity contribution < 1.29 is 17.7 Å². The summed E-state index contributed by atoms with van der Waals surface area (Å²) in [5.41, 5.74) is 24.4. The highest BCUT2D eigenvalue weighted by molar-refractivity contribution is 7.00. The lowest BCUT2D eigenvalue weighted by Crippen LogP contribution is -2.61. The molecule has 0 amide bonds. The molecule has 7 nitrogen and oxygen atoms in total. The van der Waals surface area contributed by atoms with E-state index < -0.39 is 0 Å². The molecule has 88 heavy (non-hydrogen) atoms. The van der Waals surface area contributed by atoms with Gasteiger partial charge in [0.25, 0.3) is 6.71 Å². The van der Waals surface area contributed by atoms with Crippen molar-refractivity contribution in [2.45, 2.75) is 52.4 Å². The van der Waals surface area contributed by atoms with Gasteiger partial charge >= 0.3 is 0 Å². The second kappa shape index (κ2) is 17.5. The molecule has 0 N–H and O–H groups in total. The van der Waals surface area contributed by atoms with E-state index in [1.807, 2.05) is 0 Å². The first-order valence-corrected chi connectivity index (χ1v) is 30.6. The largest absolute Gasteiger partial charge is 0.456 e. The summed E-state index contributed by atoms with van der Waals surface area (Å²) < 4.78 is 30.2. The fraction of sp³-hybridized carbons (Fsp3) is 0.100. The molecule has 17 aromatic rings. The van der Waals surface area contributed by atoms with E-state index in [0.29, 0.717) is 0 Å². The Kier molecular flexibility index (Phi) is 9.85. The number of anilines is 6. The van der Waals surface area contributed by atoms with Crippen LogP contribution in [0.3, 0.4) is 0 Å². The zero-order valence-electron chi connectivity index (χ0n) is 49.5. The number of para-hydroxylation sites is 4. The highest BCUT2D eigenvalue weighted by Gasteiger charge is 2.46. The molecule has 0 atom stereocenters. The average Bonchev–Trinajstić information content (AvgIpc) is 0.916. The topological polar surface area (TPSA) is 64.0 Å². The van der Waals surface area contributed by atoms with Crippen molar-refractivity contribution in [2.75, 3.05) is 9.80 Å². The third-order valence-corrected chi connectivity index (χ3v) is 19.2. The molecule has 19 rings (SSSR count). The van der Waals surface area contributed by atoms with Gasteiger partial charge in [-0.3, -0.25) is 0 Å². The molecular weight excluding hydrogens is 1080 g/mol. The molecule has 8 heteroatoms. The summed E-state index contributed by atoms with van der Waals surface area (Å²) in [5, 5.41) is 10.9. The van der Waals surface area contributed by atoms with Crippen LogP contribution < -0.4 is 26.2 Å². The van der Waals surface area contributed by atoms with Gasteiger partial charge in [-0.1, -0.05) is 151 Å². The van der Waals surface area contributed by atoms with Gasteiger partial charge in [-0.15, -0.1) is 0 Å². The Labute approximate surface area is 506 Å². The number of hydrogen-bond donors (Lipinski definition) is 0. The van der Waals surface area contributed by atoms with Gasteiger partial charge < -0.3 is 32.0 Å². The molecule has 0 bridgehead atoms. The summed E-state index contributed by atoms with van der Waals surface area (Å²) in [6.07, 6.45) is 0. The molecule has 0 fully saturated rings. The monoisotopic (exact) mass is 1130 g/mol. The van der Waals surface area contributed by atoms with Crippen LogP contribution >= 0.6 is 0 Å². The highest BCUT2D eigenvalue weighted by Crippen LogP contribution is 2.53. The molecule has 0 saturated heterocycles. The van der Waals surface area contributed by atoms with Crippen molar-refractivity contribution in [1.82, 2.24) is 4.57 Å². The second-order valence-electron chi connectivity index (χ2n) is 26.4. The van der Waals surface area contributed by atoms with E-state index in [-0.39, 0.29) is 17.5 Å². The quantitative estimate of drug-likeness (QED) is 0.164. The van der Waals surface area contributed by atoms with Crippen LogP contribution in [0.2, 0.25) is 0 Å². The Hall–Kier alpha value is -10.7. The summed E-state index contributed by atoms with van der Waals surface area (Å²) in [5.74, 6) is 0. The Morgan fingerprint density at radius 3 is 1.30 bits per heavy atom. The van der Waals surface area contributed by atoms with Crippen LogP contribution in [0, 0.1) is 0 Å². The lowest BCUT2D eigenvalue weighted by molar-refractivity contribution is 0.590. The van der Waals surface area contributed by atoms with Crippen LogP contribution in [0.15, 0.2) is 248 Å². The van der Waals surface area contributed by atoms with E-state index in [2.05, 4.69) is 286 Å². The van der Waals surface area contributed by atoms with Crippen LogP contribution in [0.5, 0.6) is 0 Å². The number of benzene rings is 12. The minimum atomic E-state index is -0.300. The molecule has 2 aliphatic rings. The summed E-state index contributed by atoms with van der Waals surface area (Å²) in [4.78, 5) is 5.10. The smallest absolute Gasteiger partial charge is 0.252 e. The van der Waals surface area contributed by atoms with Gasteiger partial charge in [0.05, 0.1) is 33.2 Å². The fourth-order valence-corrected chi connectivity index (χ4v) is 15.0. The van der Waals surface area contributed by atoms with Crippen LogP contribution in [0.1, 0.15) is 52.7 Å². The maximum Gasteiger partial charge on any atom is 0.252 e. The van der Waals surface area contributed by atoms with Gasteiger partial charge in [0, 0.05) is 71.5 Å². The van der Waals surface area contributed by atoms with Crippen molar-refractivity contribution in [3.63, 3.8) is 0 Å². The van der Waals surface area contributed by atoms with Crippen LogP contribution in [-0.2, 0) is 10.8 Å². The van der Waals surface area contributed by atoms with E-state index in [1.54, 1.807) is 0 Å². The van der Waals surface area contributed by atoms with Gasteiger partial charge in [-0.05, 0) is 171 Å². The molecule has 0 saturated carbocycles. The number of aromatic nitrogens is 1. The third kappa shape index (κ3) is 6.91. The second-order valence-corrected chi connectivity index (χ2v) is 26.4. The molecule has 5 aromatic heterocycles. The van der Waals surface area contributed by atoms with Crippen molar-refractivity contribution in [2.24, 2.45) is 0 Å². The van der Waals surface area contributed by atoms with Gasteiger partial charge in [0.2, 0.25) is 0 Å². The molecular formula is C80H56BN3O4. The number of rotatable bonds is 4. The van der Waals surface area contributed by atoms with Crippen LogP contribution in [0.25, 0.3) is 126 Å². The zero-order valence-corrected chi connectivity index (χ0v) is 49.5. The number of fused-ring (bicyclic) bond motifs is 19. The number of hydrogen-bond acceptors (Lipinski definition) is 6. The first-order valence-electron chi connectivity index (χ1n) is 30.6. The summed E-state index contributed by atoms with van der Waals surface area (Å²) in [6.45, 7) is 13.4. The Morgan fingerprint density at radius 1 is 0.295 bits per heavy atom. The number of furan rings is 4. The standard InChI is InChI=1S/C80H56BN3O4/c1-79(2,3)47-31-34-70-54(39-47)56-41-64-58(43-74(56)87-70)81-59-44-75-57(55-40-48(80(4,5)6)32-35-71(55)88-75)42-65(59)84(62-25-17-29-73-77(62)53-22-12-15-27-69(53)86-73)67-38-46(37-66(78(67)81)83(64)61-24-16-28-72-76(61)52-21-11-14-26-68(52)85-72)45-30-33-51-50-20-10-13-23-60(50)82(63(51)36-45)49-18-8-7-9-19-49/h7-44H,1-6H3. The van der Waals surface area contributed by atoms with E-state index in [4.69, 9.17) is 17.7 Å². The summed E-state index contributed by atoms with van der Waals surface area (Å²) in [6, 6.07) is 84.5. The normalized spacial score (nSPS) is 13.5. The van der Waals surface area contributed by atoms with Gasteiger partial charge in [0.1, 0.15) is 44.7 Å². The molecule has 0 radical (unpaired) electrons. The van der Waals surface area contributed by atoms with Gasteiger partial charge in [-0.25, -0.2) is 0 Å². The molecule has 418 valence electrons. The highest BCUT2D eigenvalue weighted by atomic mass is 16.3. The van der Waals surface area contributed by atoms with Crippen LogP contribution in [-0.4, -0.2) is 11.3 Å². The van der Waals surface area contributed by atoms with Gasteiger partial charge in [0.15, 0.2) is 0 Å². The maximum absolute atomic E-state index is 7.08. The van der Waals surface area contributed by atoms with Gasteiger partial charge in [-0.2, -0.15) is 0 Å². The fourth-order valence-electron chi connectivity index (χ4n) is 15.0. The Balaban J connectivity index is 0.993. The third-order valence-electron chi connectivity index (χ3n) is 19.2. The van der Waals surface area contributed by atoms with E-state index in [0.717, 1.165) is 166 Å². The molecule has 2 aliphatic heterocycles. The molecule has 0 aliphatic carbocycles. The average molecular weight is 1130 g/mol. The minimum absolute atomic E-state index is 0.0821. The predicted molar refractivity (Wildman–Crippen MR) is 367 cm³/mol. The van der Waals surface area contributed by atoms with Crippen molar-refractivity contribution in [3.8, 4) is 16.8 Å². The number of nitrogens with zero attached hydrogens (tertiary/aromatic N) is 3. The lowest BCUT2D eigenvalue weighted by atomic mass is 9.33. The molecule has 0 unspecified atom stereocenters. The molecule has 7 heterocycles.